The Bertz CT molecular complexity index is 1280. The Kier molecular flexibility index (Phi) is 7.39. The summed E-state index contributed by atoms with van der Waals surface area (Å²) >= 11 is 0. The molecule has 188 valence electrons. The predicted octanol–water partition coefficient (Wildman–Crippen LogP) is 5.67. The molecule has 2 aliphatic rings. The van der Waals surface area contributed by atoms with Crippen molar-refractivity contribution in [3.63, 3.8) is 0 Å². The highest BCUT2D eigenvalue weighted by molar-refractivity contribution is 8.82. The number of para-hydroxylation sites is 1. The second kappa shape index (κ2) is 10.9. The number of nitrogens with zero attached hydrogens (tertiary/aromatic N) is 2. The molecule has 3 aromatic rings. The summed E-state index contributed by atoms with van der Waals surface area (Å²) in [5.41, 5.74) is 0.837. The van der Waals surface area contributed by atoms with E-state index in [1.54, 1.807) is 11.8 Å². The molecule has 0 bridgehead atoms. The lowest BCUT2D eigenvalue weighted by Gasteiger charge is -2.57. The number of rotatable bonds is 9. The van der Waals surface area contributed by atoms with Crippen LogP contribution in [0.15, 0.2) is 108 Å². The van der Waals surface area contributed by atoms with Gasteiger partial charge >= 0.3 is 5.97 Å². The lowest BCUT2D eigenvalue weighted by Crippen LogP contribution is -2.75. The summed E-state index contributed by atoms with van der Waals surface area (Å²) in [4.78, 5) is 33.2. The number of ether oxygens (including phenoxy) is 2. The molecular formula is C29H26N2O4S2. The maximum Gasteiger partial charge on any atom is 0.330 e. The number of β-lactam (4-membered cyclic amide) rings is 1. The van der Waals surface area contributed by atoms with Crippen LogP contribution in [0.1, 0.15) is 24.0 Å². The van der Waals surface area contributed by atoms with Crippen LogP contribution in [-0.2, 0) is 14.3 Å². The van der Waals surface area contributed by atoms with Gasteiger partial charge in [-0.1, -0.05) is 96.2 Å². The molecule has 0 N–H and O–H groups in total. The van der Waals surface area contributed by atoms with Gasteiger partial charge in [-0.15, -0.1) is 0 Å². The van der Waals surface area contributed by atoms with Crippen LogP contribution in [0.4, 0.5) is 0 Å². The molecule has 5 rings (SSSR count). The average Bonchev–Trinajstić information content (AvgIpc) is 2.92. The molecule has 3 aromatic carbocycles. The van der Waals surface area contributed by atoms with Gasteiger partial charge in [0, 0.05) is 5.92 Å². The van der Waals surface area contributed by atoms with E-state index in [1.165, 1.54) is 21.6 Å². The summed E-state index contributed by atoms with van der Waals surface area (Å²) in [7, 11) is 3.00. The molecule has 1 fully saturated rings. The summed E-state index contributed by atoms with van der Waals surface area (Å²) in [5, 5.41) is 0.355. The molecule has 0 radical (unpaired) electrons. The van der Waals surface area contributed by atoms with Gasteiger partial charge in [-0.2, -0.15) is 0 Å². The number of amides is 1. The van der Waals surface area contributed by atoms with Gasteiger partial charge < -0.3 is 14.4 Å². The first kappa shape index (κ1) is 25.2. The van der Waals surface area contributed by atoms with E-state index in [9.17, 15) is 9.59 Å². The fourth-order valence-electron chi connectivity index (χ4n) is 4.73. The predicted molar refractivity (Wildman–Crippen MR) is 148 cm³/mol. The number of hydrogen-bond acceptors (Lipinski definition) is 7. The molecular weight excluding hydrogens is 504 g/mol. The largest absolute Gasteiger partial charge is 0.487 e. The second-order valence-electron chi connectivity index (χ2n) is 8.83. The molecule has 37 heavy (non-hydrogen) atoms. The van der Waals surface area contributed by atoms with Crippen molar-refractivity contribution >= 4 is 38.5 Å². The third-order valence-corrected chi connectivity index (χ3v) is 8.91. The number of esters is 1. The Morgan fingerprint density at radius 3 is 2.14 bits per heavy atom. The first-order valence-electron chi connectivity index (χ1n) is 11.9. The van der Waals surface area contributed by atoms with Crippen molar-refractivity contribution in [1.29, 1.82) is 0 Å². The SMILES string of the molecule is C=C(C)OC(=O)CN1C(=O)C2(C(c3ccccc3)c3ccccc3)N=C(COc3ccccc3)SSC12. The van der Waals surface area contributed by atoms with Gasteiger partial charge in [0.05, 0.1) is 5.76 Å². The normalized spacial score (nSPS) is 20.5. The summed E-state index contributed by atoms with van der Waals surface area (Å²) in [5.74, 6) is -0.0449. The number of allylic oxidation sites excluding steroid dienone is 1. The zero-order valence-electron chi connectivity index (χ0n) is 20.3. The van der Waals surface area contributed by atoms with Crippen molar-refractivity contribution in [3.8, 4) is 5.75 Å². The Hall–Kier alpha value is -3.49. The zero-order valence-corrected chi connectivity index (χ0v) is 21.9. The summed E-state index contributed by atoms with van der Waals surface area (Å²) in [6, 6.07) is 29.4. The Morgan fingerprint density at radius 1 is 1.00 bits per heavy atom. The summed E-state index contributed by atoms with van der Waals surface area (Å²) in [6.45, 7) is 5.33. The molecule has 6 nitrogen and oxygen atoms in total. The van der Waals surface area contributed by atoms with E-state index < -0.39 is 11.5 Å². The lowest BCUT2D eigenvalue weighted by atomic mass is 9.69. The highest BCUT2D eigenvalue weighted by Gasteiger charge is 2.68. The number of likely N-dealkylation sites (tertiary alicyclic amines) is 1. The lowest BCUT2D eigenvalue weighted by molar-refractivity contribution is -0.161. The van der Waals surface area contributed by atoms with E-state index in [-0.39, 0.29) is 30.4 Å². The van der Waals surface area contributed by atoms with Crippen LogP contribution in [0, 0.1) is 0 Å². The fraction of sp³-hybridized carbons (Fsp3) is 0.207. The molecule has 2 heterocycles. The van der Waals surface area contributed by atoms with E-state index in [4.69, 9.17) is 14.5 Å². The molecule has 0 aromatic heterocycles. The number of hydrogen-bond donors (Lipinski definition) is 0. The van der Waals surface area contributed by atoms with Gasteiger partial charge in [0.1, 0.15) is 29.3 Å². The van der Waals surface area contributed by atoms with Crippen molar-refractivity contribution in [2.75, 3.05) is 13.2 Å². The Balaban J connectivity index is 1.55. The summed E-state index contributed by atoms with van der Waals surface area (Å²) < 4.78 is 11.1. The van der Waals surface area contributed by atoms with Gasteiger partial charge in [0.25, 0.3) is 5.91 Å². The van der Waals surface area contributed by atoms with E-state index >= 15 is 0 Å². The minimum absolute atomic E-state index is 0.159. The molecule has 2 aliphatic heterocycles. The average molecular weight is 531 g/mol. The van der Waals surface area contributed by atoms with Crippen LogP contribution in [0.5, 0.6) is 5.75 Å². The minimum atomic E-state index is -1.13. The number of benzene rings is 3. The number of carbonyl (C=O) groups excluding carboxylic acids is 2. The van der Waals surface area contributed by atoms with E-state index in [1.807, 2.05) is 91.0 Å². The third kappa shape index (κ3) is 5.04. The molecule has 0 aliphatic carbocycles. The van der Waals surface area contributed by atoms with E-state index in [2.05, 4.69) is 6.58 Å². The Morgan fingerprint density at radius 2 is 1.57 bits per heavy atom. The van der Waals surface area contributed by atoms with E-state index in [0.29, 0.717) is 5.76 Å². The zero-order chi connectivity index (χ0) is 25.8. The van der Waals surface area contributed by atoms with Crippen LogP contribution in [0.3, 0.4) is 0 Å². The van der Waals surface area contributed by atoms with Crippen LogP contribution in [0.2, 0.25) is 0 Å². The number of carbonyl (C=O) groups is 2. The van der Waals surface area contributed by atoms with Crippen molar-refractivity contribution in [2.24, 2.45) is 4.99 Å². The van der Waals surface area contributed by atoms with Gasteiger partial charge in [-0.25, -0.2) is 4.79 Å². The highest BCUT2D eigenvalue weighted by atomic mass is 33.1. The van der Waals surface area contributed by atoms with Crippen molar-refractivity contribution < 1.29 is 19.1 Å². The monoisotopic (exact) mass is 530 g/mol. The molecule has 1 amide bonds. The van der Waals surface area contributed by atoms with Gasteiger partial charge in [-0.05, 0) is 41.0 Å². The Labute approximate surface area is 224 Å². The van der Waals surface area contributed by atoms with Gasteiger partial charge in [0.15, 0.2) is 5.54 Å². The van der Waals surface area contributed by atoms with E-state index in [0.717, 1.165) is 21.9 Å². The molecule has 1 saturated heterocycles. The quantitative estimate of drug-likeness (QED) is 0.154. The highest BCUT2D eigenvalue weighted by Crippen LogP contribution is 2.57. The fourth-order valence-corrected chi connectivity index (χ4v) is 7.55. The van der Waals surface area contributed by atoms with Gasteiger partial charge in [-0.3, -0.25) is 9.79 Å². The van der Waals surface area contributed by atoms with Crippen LogP contribution in [-0.4, -0.2) is 45.9 Å². The van der Waals surface area contributed by atoms with Crippen molar-refractivity contribution in [3.05, 3.63) is 114 Å². The third-order valence-electron chi connectivity index (χ3n) is 6.21. The topological polar surface area (TPSA) is 68.2 Å². The van der Waals surface area contributed by atoms with Crippen LogP contribution >= 0.6 is 21.6 Å². The number of fused-ring (bicyclic) bond motifs is 1. The first-order chi connectivity index (χ1) is 18.0. The molecule has 8 heteroatoms. The smallest absolute Gasteiger partial charge is 0.330 e. The van der Waals surface area contributed by atoms with Crippen molar-refractivity contribution in [2.45, 2.75) is 23.8 Å². The standard InChI is InChI=1S/C29H26N2O4S2/c1-20(2)35-25(32)18-31-27(33)29(26(21-12-6-3-7-13-21)22-14-8-4-9-15-22)28(31)37-36-24(30-29)19-34-23-16-10-5-11-17-23/h3-17,26,28H,1,18-19H2,2H3. The van der Waals surface area contributed by atoms with Crippen molar-refractivity contribution in [1.82, 2.24) is 4.90 Å². The molecule has 0 spiro atoms. The van der Waals surface area contributed by atoms with Crippen LogP contribution < -0.4 is 4.74 Å². The second-order valence-corrected chi connectivity index (χ2v) is 11.2. The van der Waals surface area contributed by atoms with Crippen LogP contribution in [0.25, 0.3) is 0 Å². The molecule has 2 unspecified atom stereocenters. The minimum Gasteiger partial charge on any atom is -0.487 e. The first-order valence-corrected chi connectivity index (χ1v) is 14.1. The molecule has 2 atom stereocenters. The number of aliphatic imine (C=N–C) groups is 1. The maximum absolute atomic E-state index is 14.1. The molecule has 0 saturated carbocycles. The summed E-state index contributed by atoms with van der Waals surface area (Å²) in [6.07, 6.45) is 0. The maximum atomic E-state index is 14.1. The van der Waals surface area contributed by atoms with Gasteiger partial charge in [0.2, 0.25) is 0 Å².